The molecular formula is C10H21LaNO. The van der Waals surface area contributed by atoms with Crippen molar-refractivity contribution in [1.29, 1.82) is 0 Å². The van der Waals surface area contributed by atoms with E-state index in [0.29, 0.717) is 0 Å². The molecule has 0 fully saturated rings. The molecule has 0 atom stereocenters. The maximum atomic E-state index is 11.2. The molecule has 0 aliphatic heterocycles. The Hall–Kier alpha value is 0.665. The van der Waals surface area contributed by atoms with E-state index in [1.54, 1.807) is 0 Å². The summed E-state index contributed by atoms with van der Waals surface area (Å²) in [5, 5.41) is 0. The van der Waals surface area contributed by atoms with Gasteiger partial charge in [0.25, 0.3) is 0 Å². The van der Waals surface area contributed by atoms with Gasteiger partial charge in [0, 0.05) is 0 Å². The Morgan fingerprint density at radius 3 is 2.54 bits per heavy atom. The Bertz CT molecular complexity index is 137. The van der Waals surface area contributed by atoms with Crippen molar-refractivity contribution in [2.24, 2.45) is 5.92 Å². The molecule has 0 aromatic carbocycles. The Morgan fingerprint density at radius 2 is 2.00 bits per heavy atom. The van der Waals surface area contributed by atoms with E-state index in [0.717, 1.165) is 0 Å². The van der Waals surface area contributed by atoms with Crippen molar-refractivity contribution in [2.75, 3.05) is 0 Å². The number of hydrogen-bond donors (Lipinski definition) is 1. The summed E-state index contributed by atoms with van der Waals surface area (Å²) < 4.78 is 4.46. The molecule has 2 nitrogen and oxygen atoms in total. The van der Waals surface area contributed by atoms with Gasteiger partial charge in [0.15, 0.2) is 0 Å². The van der Waals surface area contributed by atoms with Crippen molar-refractivity contribution in [3.8, 4) is 0 Å². The summed E-state index contributed by atoms with van der Waals surface area (Å²) in [6, 6.07) is 0. The molecule has 3 heteroatoms. The number of unbranched alkanes of at least 4 members (excludes halogenated alkanes) is 3. The molecule has 0 unspecified atom stereocenters. The Labute approximate surface area is 99.5 Å². The van der Waals surface area contributed by atoms with Crippen LogP contribution in [0.4, 0.5) is 0 Å². The van der Waals surface area contributed by atoms with E-state index in [1.807, 2.05) is 13.8 Å². The fraction of sp³-hybridized carbons (Fsp3) is 0.900. The van der Waals surface area contributed by atoms with Crippen LogP contribution in [0.2, 0.25) is 2.82 Å². The summed E-state index contributed by atoms with van der Waals surface area (Å²) in [6.45, 7) is 6.14. The number of amides is 1. The first-order chi connectivity index (χ1) is 6.18. The van der Waals surface area contributed by atoms with Crippen LogP contribution in [0.25, 0.3) is 0 Å². The number of nitrogens with one attached hydrogen (secondary N) is 1. The van der Waals surface area contributed by atoms with Crippen molar-refractivity contribution in [3.63, 3.8) is 0 Å². The molecule has 0 bridgehead atoms. The van der Waals surface area contributed by atoms with Crippen LogP contribution in [0.15, 0.2) is 0 Å². The summed E-state index contributed by atoms with van der Waals surface area (Å²) in [5.41, 5.74) is 0. The summed E-state index contributed by atoms with van der Waals surface area (Å²) >= 11 is -0.884. The van der Waals surface area contributed by atoms with E-state index >= 15 is 0 Å². The van der Waals surface area contributed by atoms with E-state index in [4.69, 9.17) is 0 Å². The SMILES string of the molecule is CCCCC[CH2][La][NH]C(=O)C(C)C. The molecule has 75 valence electrons. The van der Waals surface area contributed by atoms with Crippen LogP contribution in [-0.4, -0.2) is 5.91 Å². The fourth-order valence-electron chi connectivity index (χ4n) is 1.01. The first-order valence-electron chi connectivity index (χ1n) is 5.30. The van der Waals surface area contributed by atoms with Crippen LogP contribution < -0.4 is 2.08 Å². The van der Waals surface area contributed by atoms with E-state index in [2.05, 4.69) is 9.00 Å². The molecule has 0 radical (unpaired) electrons. The Morgan fingerprint density at radius 1 is 1.31 bits per heavy atom. The van der Waals surface area contributed by atoms with E-state index in [1.165, 1.54) is 28.5 Å². The molecule has 0 spiro atoms. The summed E-state index contributed by atoms with van der Waals surface area (Å²) in [4.78, 5) is 11.2. The van der Waals surface area contributed by atoms with Crippen LogP contribution in [0.5, 0.6) is 0 Å². The first kappa shape index (κ1) is 13.7. The van der Waals surface area contributed by atoms with Crippen LogP contribution in [-0.2, 0) is 4.79 Å². The van der Waals surface area contributed by atoms with Crippen molar-refractivity contribution in [1.82, 2.24) is 2.08 Å². The number of carbonyl (C=O) groups is 1. The van der Waals surface area contributed by atoms with E-state index in [-0.39, 0.29) is 11.8 Å². The van der Waals surface area contributed by atoms with Crippen molar-refractivity contribution in [2.45, 2.75) is 49.3 Å². The molecule has 0 rings (SSSR count). The predicted octanol–water partition coefficient (Wildman–Crippen LogP) is 2.76. The fourth-order valence-corrected chi connectivity index (χ4v) is 4.69. The minimum absolute atomic E-state index is 0.173. The monoisotopic (exact) mass is 310 g/mol. The maximum absolute atomic E-state index is 11.2. The molecule has 13 heavy (non-hydrogen) atoms. The molecular weight excluding hydrogens is 289 g/mol. The van der Waals surface area contributed by atoms with Gasteiger partial charge >= 0.3 is 100 Å². The average molecular weight is 310 g/mol. The summed E-state index contributed by atoms with van der Waals surface area (Å²) in [5.74, 6) is 0.442. The second kappa shape index (κ2) is 9.23. The third-order valence-corrected chi connectivity index (χ3v) is 5.69. The van der Waals surface area contributed by atoms with Gasteiger partial charge in [-0.1, -0.05) is 0 Å². The minimum atomic E-state index is -0.884. The molecule has 0 aliphatic carbocycles. The average Bonchev–Trinajstić information content (AvgIpc) is 2.10. The summed E-state index contributed by atoms with van der Waals surface area (Å²) in [7, 11) is 0. The third-order valence-electron chi connectivity index (χ3n) is 1.97. The molecule has 0 heterocycles. The van der Waals surface area contributed by atoms with Crippen LogP contribution in [0.3, 0.4) is 0 Å². The number of hydrogen-bond acceptors (Lipinski definition) is 1. The van der Waals surface area contributed by atoms with Crippen molar-refractivity contribution < 1.29 is 37.0 Å². The molecule has 1 N–H and O–H groups in total. The molecule has 1 amide bonds. The number of carbonyl (C=O) groups excluding carboxylic acids is 1. The molecule has 0 saturated heterocycles. The van der Waals surface area contributed by atoms with Crippen LogP contribution in [0.1, 0.15) is 46.5 Å². The van der Waals surface area contributed by atoms with Gasteiger partial charge in [-0.15, -0.1) is 0 Å². The molecule has 0 saturated carbocycles. The van der Waals surface area contributed by atoms with E-state index in [9.17, 15) is 4.79 Å². The Kier molecular flexibility index (Phi) is 9.70. The molecule has 0 aromatic heterocycles. The predicted molar refractivity (Wildman–Crippen MR) is 51.9 cm³/mol. The van der Waals surface area contributed by atoms with Gasteiger partial charge in [-0.25, -0.2) is 0 Å². The van der Waals surface area contributed by atoms with Gasteiger partial charge in [0.2, 0.25) is 0 Å². The molecule has 0 aliphatic rings. The summed E-state index contributed by atoms with van der Waals surface area (Å²) in [6.07, 6.45) is 5.34. The van der Waals surface area contributed by atoms with Gasteiger partial charge < -0.3 is 0 Å². The van der Waals surface area contributed by atoms with Gasteiger partial charge in [0.05, 0.1) is 0 Å². The van der Waals surface area contributed by atoms with Crippen LogP contribution in [0, 0.1) is 38.1 Å². The zero-order chi connectivity index (χ0) is 10.1. The van der Waals surface area contributed by atoms with Crippen molar-refractivity contribution in [3.05, 3.63) is 0 Å². The quantitative estimate of drug-likeness (QED) is 0.720. The standard InChI is InChI=1S/C6H13.C4H9NO.La/c1-3-5-6-4-2;1-3(2)4(5)6;/h1,3-6H2,2H3;3H,1-2H3,(H2,5,6);/q;;+1/p-1. The van der Waals surface area contributed by atoms with Crippen LogP contribution >= 0.6 is 0 Å². The second-order valence-corrected chi connectivity index (χ2v) is 7.72. The van der Waals surface area contributed by atoms with E-state index < -0.39 is 32.2 Å². The zero-order valence-electron chi connectivity index (χ0n) is 9.10. The number of rotatable bonds is 7. The Balaban J connectivity index is 3.12. The van der Waals surface area contributed by atoms with Gasteiger partial charge in [-0.2, -0.15) is 0 Å². The van der Waals surface area contributed by atoms with Gasteiger partial charge in [-0.3, -0.25) is 0 Å². The van der Waals surface area contributed by atoms with Gasteiger partial charge in [0.1, 0.15) is 0 Å². The van der Waals surface area contributed by atoms with Gasteiger partial charge in [-0.05, 0) is 0 Å². The zero-order valence-corrected chi connectivity index (χ0v) is 12.7. The normalized spacial score (nSPS) is 9.85. The first-order valence-corrected chi connectivity index (χ1v) is 9.68. The third kappa shape index (κ3) is 8.98. The molecule has 0 aromatic rings. The van der Waals surface area contributed by atoms with Crippen molar-refractivity contribution >= 4 is 5.91 Å². The topological polar surface area (TPSA) is 29.1 Å². The second-order valence-electron chi connectivity index (χ2n) is 3.72.